The summed E-state index contributed by atoms with van der Waals surface area (Å²) in [7, 11) is 0. The van der Waals surface area contributed by atoms with Crippen LogP contribution < -0.4 is 5.32 Å². The summed E-state index contributed by atoms with van der Waals surface area (Å²) in [6.45, 7) is 4.55. The Morgan fingerprint density at radius 2 is 2.08 bits per heavy atom. The fourth-order valence-corrected chi connectivity index (χ4v) is 1.01. The number of rotatable bonds is 0. The van der Waals surface area contributed by atoms with Crippen molar-refractivity contribution in [2.75, 3.05) is 19.8 Å². The van der Waals surface area contributed by atoms with Crippen molar-refractivity contribution in [1.29, 1.82) is 0 Å². The van der Waals surface area contributed by atoms with Crippen LogP contribution in [0.25, 0.3) is 0 Å². The van der Waals surface area contributed by atoms with Gasteiger partial charge in [-0.15, -0.1) is 0 Å². The Balaban J connectivity index is 2.46. The summed E-state index contributed by atoms with van der Waals surface area (Å²) in [6, 6.07) is 0. The molecule has 0 aliphatic carbocycles. The van der Waals surface area contributed by atoms with Crippen LogP contribution in [0.4, 0.5) is 0 Å². The Hall–Kier alpha value is -1.16. The fourth-order valence-electron chi connectivity index (χ4n) is 1.01. The lowest BCUT2D eigenvalue weighted by Crippen LogP contribution is -2.30. The summed E-state index contributed by atoms with van der Waals surface area (Å²) in [5.74, 6) is -0.109. The number of hydrogen-bond acceptors (Lipinski definition) is 3. The fraction of sp³-hybridized carbons (Fsp3) is 0.556. The van der Waals surface area contributed by atoms with Crippen LogP contribution in [-0.2, 0) is 14.3 Å². The zero-order valence-electron chi connectivity index (χ0n) is 7.47. The van der Waals surface area contributed by atoms with Crippen molar-refractivity contribution in [2.45, 2.75) is 12.8 Å². The summed E-state index contributed by atoms with van der Waals surface area (Å²) in [6.07, 6.45) is 0.797. The molecule has 0 atom stereocenters. The first-order valence-corrected chi connectivity index (χ1v) is 4.25. The van der Waals surface area contributed by atoms with E-state index in [1.54, 1.807) is 0 Å². The van der Waals surface area contributed by atoms with Gasteiger partial charge in [0, 0.05) is 25.0 Å². The lowest BCUT2D eigenvalue weighted by molar-refractivity contribution is -0.121. The third kappa shape index (κ3) is 3.38. The van der Waals surface area contributed by atoms with Gasteiger partial charge in [0.2, 0.25) is 5.91 Å². The maximum Gasteiger partial charge on any atom is 0.248 e. The number of hydrogen-bond donors (Lipinski definition) is 1. The highest BCUT2D eigenvalue weighted by Gasteiger charge is 2.10. The summed E-state index contributed by atoms with van der Waals surface area (Å²) in [5, 5.41) is 2.59. The van der Waals surface area contributed by atoms with E-state index in [2.05, 4.69) is 11.9 Å². The Morgan fingerprint density at radius 1 is 1.31 bits per heavy atom. The molecule has 13 heavy (non-hydrogen) atoms. The van der Waals surface area contributed by atoms with Gasteiger partial charge in [0.15, 0.2) is 0 Å². The quantitative estimate of drug-likeness (QED) is 0.539. The van der Waals surface area contributed by atoms with Crippen molar-refractivity contribution in [2.24, 2.45) is 0 Å². The smallest absolute Gasteiger partial charge is 0.248 e. The molecule has 0 spiro atoms. The normalized spacial score (nSPS) is 21.1. The zero-order valence-corrected chi connectivity index (χ0v) is 7.47. The zero-order chi connectivity index (χ0) is 9.68. The maximum absolute atomic E-state index is 11.1. The molecule has 4 nitrogen and oxygen atoms in total. The number of Topliss-reactive ketones (excluding diaryl/α,β-unsaturated/α-hetero) is 1. The maximum atomic E-state index is 11.1. The highest BCUT2D eigenvalue weighted by Crippen LogP contribution is 1.98. The van der Waals surface area contributed by atoms with Crippen molar-refractivity contribution in [1.82, 2.24) is 5.32 Å². The van der Waals surface area contributed by atoms with Gasteiger partial charge in [-0.25, -0.2) is 0 Å². The molecule has 72 valence electrons. The number of carbonyl (C=O) groups is 2. The highest BCUT2D eigenvalue weighted by molar-refractivity contribution is 5.93. The Bertz CT molecular complexity index is 235. The predicted octanol–water partition coefficient (Wildman–Crippen LogP) is 0.0383. The monoisotopic (exact) mass is 183 g/mol. The molecule has 0 radical (unpaired) electrons. The van der Waals surface area contributed by atoms with E-state index in [4.69, 9.17) is 4.74 Å². The largest absolute Gasteiger partial charge is 0.376 e. The number of carbonyl (C=O) groups excluding carboxylic acids is 2. The van der Waals surface area contributed by atoms with Crippen LogP contribution in [0.2, 0.25) is 0 Å². The average molecular weight is 183 g/mol. The minimum absolute atomic E-state index is 0.118. The van der Waals surface area contributed by atoms with Gasteiger partial charge in [-0.05, 0) is 0 Å². The third-order valence-corrected chi connectivity index (χ3v) is 1.81. The number of nitrogens with one attached hydrogen (secondary N) is 1. The lowest BCUT2D eigenvalue weighted by atomic mass is 10.2. The van der Waals surface area contributed by atoms with E-state index in [-0.39, 0.29) is 18.3 Å². The Morgan fingerprint density at radius 3 is 2.85 bits per heavy atom. The van der Waals surface area contributed by atoms with Crippen molar-refractivity contribution in [3.8, 4) is 0 Å². The van der Waals surface area contributed by atoms with Gasteiger partial charge in [-0.2, -0.15) is 0 Å². The molecule has 1 N–H and O–H groups in total. The van der Waals surface area contributed by atoms with Crippen molar-refractivity contribution in [3.05, 3.63) is 12.2 Å². The number of amides is 1. The molecule has 0 saturated carbocycles. The van der Waals surface area contributed by atoms with E-state index in [9.17, 15) is 9.59 Å². The van der Waals surface area contributed by atoms with Crippen molar-refractivity contribution >= 4 is 11.7 Å². The molecule has 0 aromatic rings. The van der Waals surface area contributed by atoms with E-state index < -0.39 is 0 Å². The van der Waals surface area contributed by atoms with E-state index in [0.29, 0.717) is 31.6 Å². The van der Waals surface area contributed by atoms with E-state index >= 15 is 0 Å². The van der Waals surface area contributed by atoms with Crippen LogP contribution in [0.5, 0.6) is 0 Å². The lowest BCUT2D eigenvalue weighted by Gasteiger charge is -2.10. The molecule has 0 bridgehead atoms. The summed E-state index contributed by atoms with van der Waals surface area (Å²) >= 11 is 0. The molecular weight excluding hydrogens is 170 g/mol. The van der Waals surface area contributed by atoms with Crippen molar-refractivity contribution in [3.63, 3.8) is 0 Å². The van der Waals surface area contributed by atoms with Crippen LogP contribution >= 0.6 is 0 Å². The predicted molar refractivity (Wildman–Crippen MR) is 47.2 cm³/mol. The molecule has 1 aliphatic heterocycles. The minimum atomic E-state index is -0.227. The Labute approximate surface area is 76.9 Å². The van der Waals surface area contributed by atoms with Gasteiger partial charge >= 0.3 is 0 Å². The van der Waals surface area contributed by atoms with Crippen LogP contribution in [0.3, 0.4) is 0 Å². The van der Waals surface area contributed by atoms with Gasteiger partial charge in [-0.1, -0.05) is 6.58 Å². The second kappa shape index (κ2) is 4.77. The standard InChI is InChI=1S/C9H13NO3/c1-7-6-13-5-3-8(11)2-4-10-9(7)12/h1-6H2,(H,10,12). The molecule has 0 aromatic heterocycles. The molecule has 1 fully saturated rings. The topological polar surface area (TPSA) is 55.4 Å². The van der Waals surface area contributed by atoms with Crippen LogP contribution in [-0.4, -0.2) is 31.4 Å². The van der Waals surface area contributed by atoms with E-state index in [0.717, 1.165) is 0 Å². The van der Waals surface area contributed by atoms with E-state index in [1.165, 1.54) is 0 Å². The second-order valence-electron chi connectivity index (χ2n) is 2.95. The molecule has 0 unspecified atom stereocenters. The highest BCUT2D eigenvalue weighted by atomic mass is 16.5. The second-order valence-corrected chi connectivity index (χ2v) is 2.95. The van der Waals surface area contributed by atoms with Gasteiger partial charge < -0.3 is 10.1 Å². The Kier molecular flexibility index (Phi) is 3.64. The third-order valence-electron chi connectivity index (χ3n) is 1.81. The van der Waals surface area contributed by atoms with Crippen LogP contribution in [0, 0.1) is 0 Å². The molecule has 1 aliphatic rings. The first-order valence-electron chi connectivity index (χ1n) is 4.25. The summed E-state index contributed by atoms with van der Waals surface area (Å²) in [4.78, 5) is 22.2. The van der Waals surface area contributed by atoms with Crippen LogP contribution in [0.15, 0.2) is 12.2 Å². The number of ketones is 1. The minimum Gasteiger partial charge on any atom is -0.376 e. The summed E-state index contributed by atoms with van der Waals surface area (Å²) < 4.78 is 5.08. The SMILES string of the molecule is C=C1COCCC(=O)CCNC1=O. The average Bonchev–Trinajstić information content (AvgIpc) is 2.11. The first-order chi connectivity index (χ1) is 6.20. The molecule has 4 heteroatoms. The number of ether oxygens (including phenoxy) is 1. The molecule has 1 heterocycles. The molecule has 1 amide bonds. The first kappa shape index (κ1) is 9.92. The van der Waals surface area contributed by atoms with Crippen molar-refractivity contribution < 1.29 is 14.3 Å². The molecule has 0 aromatic carbocycles. The van der Waals surface area contributed by atoms with Gasteiger partial charge in [-0.3, -0.25) is 9.59 Å². The molecule has 1 rings (SSSR count). The molecular formula is C9H13NO3. The summed E-state index contributed by atoms with van der Waals surface area (Å²) in [5.41, 5.74) is 0.411. The van der Waals surface area contributed by atoms with E-state index in [1.807, 2.05) is 0 Å². The van der Waals surface area contributed by atoms with Gasteiger partial charge in [0.05, 0.1) is 13.2 Å². The molecule has 1 saturated heterocycles. The van der Waals surface area contributed by atoms with Gasteiger partial charge in [0.25, 0.3) is 0 Å². The van der Waals surface area contributed by atoms with Crippen LogP contribution in [0.1, 0.15) is 12.8 Å². The van der Waals surface area contributed by atoms with Gasteiger partial charge in [0.1, 0.15) is 5.78 Å².